The molecule has 0 amide bonds. The van der Waals surface area contributed by atoms with E-state index in [9.17, 15) is 0 Å². The number of thiazole rings is 1. The first-order chi connectivity index (χ1) is 4.24. The highest BCUT2D eigenvalue weighted by atomic mass is 32.1. The summed E-state index contributed by atoms with van der Waals surface area (Å²) in [5.74, 6) is 0. The summed E-state index contributed by atoms with van der Waals surface area (Å²) in [7, 11) is 0. The van der Waals surface area contributed by atoms with Crippen molar-refractivity contribution in [1.82, 2.24) is 4.98 Å². The zero-order valence-electron chi connectivity index (χ0n) is 5.22. The van der Waals surface area contributed by atoms with E-state index in [1.807, 2.05) is 6.92 Å². The van der Waals surface area contributed by atoms with E-state index < -0.39 is 0 Å². The molecule has 1 rings (SSSR count). The van der Waals surface area contributed by atoms with Crippen molar-refractivity contribution in [3.8, 4) is 0 Å². The molecule has 4 N–H and O–H groups in total. The summed E-state index contributed by atoms with van der Waals surface area (Å²) in [6.07, 6.45) is 0. The third kappa shape index (κ3) is 1.20. The largest absolute Gasteiger partial charge is 0.375 e. The van der Waals surface area contributed by atoms with Crippen LogP contribution in [0, 0.1) is 6.92 Å². The molecule has 1 aromatic heterocycles. The number of hydrogen-bond acceptors (Lipinski definition) is 4. The second-order valence-corrected chi connectivity index (χ2v) is 2.99. The number of anilines is 1. The highest BCUT2D eigenvalue weighted by molar-refractivity contribution is 7.15. The molecule has 0 unspecified atom stereocenters. The van der Waals surface area contributed by atoms with Gasteiger partial charge >= 0.3 is 0 Å². The first-order valence-corrected chi connectivity index (χ1v) is 3.47. The number of nitrogens with two attached hydrogens (primary N) is 2. The number of hydrogen-bond donors (Lipinski definition) is 2. The number of rotatable bonds is 1. The fraction of sp³-hybridized carbons (Fsp3) is 0.400. The molecule has 9 heavy (non-hydrogen) atoms. The van der Waals surface area contributed by atoms with Crippen molar-refractivity contribution in [1.29, 1.82) is 0 Å². The molecular formula is C5H9N3S. The summed E-state index contributed by atoms with van der Waals surface area (Å²) in [6, 6.07) is 0. The molecule has 0 fully saturated rings. The van der Waals surface area contributed by atoms with Crippen molar-refractivity contribution in [2.45, 2.75) is 13.5 Å². The molecule has 1 heterocycles. The van der Waals surface area contributed by atoms with Crippen molar-refractivity contribution >= 4 is 16.5 Å². The fourth-order valence-electron chi connectivity index (χ4n) is 0.640. The van der Waals surface area contributed by atoms with Gasteiger partial charge in [0.1, 0.15) is 0 Å². The maximum Gasteiger partial charge on any atom is 0.180 e. The van der Waals surface area contributed by atoms with Gasteiger partial charge in [0.05, 0.1) is 5.69 Å². The number of nitrogen functional groups attached to an aromatic ring is 1. The summed E-state index contributed by atoms with van der Waals surface area (Å²) in [4.78, 5) is 5.12. The molecular weight excluding hydrogens is 134 g/mol. The SMILES string of the molecule is Cc1sc(N)nc1CN. The van der Waals surface area contributed by atoms with Crippen molar-refractivity contribution in [2.24, 2.45) is 5.73 Å². The van der Waals surface area contributed by atoms with E-state index in [4.69, 9.17) is 11.5 Å². The van der Waals surface area contributed by atoms with Gasteiger partial charge in [0.15, 0.2) is 5.13 Å². The van der Waals surface area contributed by atoms with Crippen LogP contribution in [0.25, 0.3) is 0 Å². The average molecular weight is 143 g/mol. The summed E-state index contributed by atoms with van der Waals surface area (Å²) in [6.45, 7) is 2.45. The van der Waals surface area contributed by atoms with Gasteiger partial charge in [-0.3, -0.25) is 0 Å². The lowest BCUT2D eigenvalue weighted by molar-refractivity contribution is 0.999. The van der Waals surface area contributed by atoms with E-state index in [0.717, 1.165) is 10.6 Å². The minimum absolute atomic E-state index is 0.486. The molecule has 1 aromatic rings. The highest BCUT2D eigenvalue weighted by Crippen LogP contribution is 2.17. The van der Waals surface area contributed by atoms with Crippen molar-refractivity contribution in [3.05, 3.63) is 10.6 Å². The molecule has 0 saturated heterocycles. The Morgan fingerprint density at radius 1 is 1.67 bits per heavy atom. The normalized spacial score (nSPS) is 10.0. The Labute approximate surface area is 57.7 Å². The highest BCUT2D eigenvalue weighted by Gasteiger charge is 2.00. The van der Waals surface area contributed by atoms with Gasteiger partial charge in [-0.25, -0.2) is 4.98 Å². The predicted molar refractivity (Wildman–Crippen MR) is 39.2 cm³/mol. The maximum absolute atomic E-state index is 5.41. The quantitative estimate of drug-likeness (QED) is 0.601. The Morgan fingerprint density at radius 3 is 2.56 bits per heavy atom. The predicted octanol–water partition coefficient (Wildman–Crippen LogP) is 0.492. The van der Waals surface area contributed by atoms with Gasteiger partial charge in [-0.1, -0.05) is 0 Å². The third-order valence-electron chi connectivity index (χ3n) is 1.10. The summed E-state index contributed by atoms with van der Waals surface area (Å²) >= 11 is 1.48. The lowest BCUT2D eigenvalue weighted by Gasteiger charge is -1.86. The van der Waals surface area contributed by atoms with Gasteiger partial charge < -0.3 is 11.5 Å². The van der Waals surface area contributed by atoms with Crippen LogP contribution in [-0.2, 0) is 6.54 Å². The van der Waals surface area contributed by atoms with Crippen LogP contribution in [-0.4, -0.2) is 4.98 Å². The average Bonchev–Trinajstić information content (AvgIpc) is 2.10. The van der Waals surface area contributed by atoms with Gasteiger partial charge in [0.25, 0.3) is 0 Å². The van der Waals surface area contributed by atoms with Crippen LogP contribution in [0.3, 0.4) is 0 Å². The smallest absolute Gasteiger partial charge is 0.180 e. The topological polar surface area (TPSA) is 64.9 Å². The molecule has 0 atom stereocenters. The Balaban J connectivity index is 3.01. The first-order valence-electron chi connectivity index (χ1n) is 2.66. The second-order valence-electron chi connectivity index (χ2n) is 1.76. The van der Waals surface area contributed by atoms with Crippen LogP contribution in [0.4, 0.5) is 5.13 Å². The van der Waals surface area contributed by atoms with Crippen LogP contribution >= 0.6 is 11.3 Å². The van der Waals surface area contributed by atoms with Crippen LogP contribution in [0.15, 0.2) is 0 Å². The molecule has 0 aliphatic heterocycles. The standard InChI is InChI=1S/C5H9N3S/c1-3-4(2-6)8-5(7)9-3/h2,6H2,1H3,(H2,7,8). The Bertz CT molecular complexity index is 206. The minimum atomic E-state index is 0.486. The molecule has 0 aromatic carbocycles. The van der Waals surface area contributed by atoms with Gasteiger partial charge in [-0.2, -0.15) is 0 Å². The molecule has 0 aliphatic rings. The summed E-state index contributed by atoms with van der Waals surface area (Å²) < 4.78 is 0. The molecule has 3 nitrogen and oxygen atoms in total. The van der Waals surface area contributed by atoms with Crippen LogP contribution in [0.2, 0.25) is 0 Å². The van der Waals surface area contributed by atoms with Crippen molar-refractivity contribution < 1.29 is 0 Å². The van der Waals surface area contributed by atoms with E-state index in [2.05, 4.69) is 4.98 Å². The lowest BCUT2D eigenvalue weighted by atomic mass is 10.4. The monoisotopic (exact) mass is 143 g/mol. The summed E-state index contributed by atoms with van der Waals surface area (Å²) in [5, 5.41) is 0.605. The van der Waals surface area contributed by atoms with Crippen LogP contribution in [0.5, 0.6) is 0 Å². The third-order valence-corrected chi connectivity index (χ3v) is 1.94. The van der Waals surface area contributed by atoms with Crippen molar-refractivity contribution in [2.75, 3.05) is 5.73 Å². The van der Waals surface area contributed by atoms with E-state index in [-0.39, 0.29) is 0 Å². The van der Waals surface area contributed by atoms with E-state index >= 15 is 0 Å². The first kappa shape index (κ1) is 6.51. The van der Waals surface area contributed by atoms with E-state index in [0.29, 0.717) is 11.7 Å². The van der Waals surface area contributed by atoms with Gasteiger partial charge in [-0.15, -0.1) is 11.3 Å². The van der Waals surface area contributed by atoms with Crippen molar-refractivity contribution in [3.63, 3.8) is 0 Å². The summed E-state index contributed by atoms with van der Waals surface area (Å²) in [5.41, 5.74) is 11.7. The van der Waals surface area contributed by atoms with Gasteiger partial charge in [0.2, 0.25) is 0 Å². The molecule has 0 saturated carbocycles. The van der Waals surface area contributed by atoms with E-state index in [1.165, 1.54) is 11.3 Å². The molecule has 4 heteroatoms. The van der Waals surface area contributed by atoms with E-state index in [1.54, 1.807) is 0 Å². The Hall–Kier alpha value is -0.610. The Kier molecular flexibility index (Phi) is 1.68. The Morgan fingerprint density at radius 2 is 2.33 bits per heavy atom. The molecule has 0 aliphatic carbocycles. The fourth-order valence-corrected chi connectivity index (χ4v) is 1.36. The van der Waals surface area contributed by atoms with Gasteiger partial charge in [0, 0.05) is 11.4 Å². The number of aromatic nitrogens is 1. The molecule has 50 valence electrons. The van der Waals surface area contributed by atoms with Crippen LogP contribution in [0.1, 0.15) is 10.6 Å². The molecule has 0 bridgehead atoms. The molecule has 0 spiro atoms. The number of aryl methyl sites for hydroxylation is 1. The second kappa shape index (κ2) is 2.33. The minimum Gasteiger partial charge on any atom is -0.375 e. The zero-order valence-corrected chi connectivity index (χ0v) is 6.03. The van der Waals surface area contributed by atoms with Crippen LogP contribution < -0.4 is 11.5 Å². The van der Waals surface area contributed by atoms with Gasteiger partial charge in [-0.05, 0) is 6.92 Å². The maximum atomic E-state index is 5.41. The number of nitrogens with zero attached hydrogens (tertiary/aromatic N) is 1. The zero-order chi connectivity index (χ0) is 6.85. The molecule has 0 radical (unpaired) electrons. The lowest BCUT2D eigenvalue weighted by Crippen LogP contribution is -1.98.